The van der Waals surface area contributed by atoms with Crippen molar-refractivity contribution in [1.29, 1.82) is 0 Å². The molecule has 1 amide bonds. The van der Waals surface area contributed by atoms with Crippen molar-refractivity contribution in [3.63, 3.8) is 0 Å². The Morgan fingerprint density at radius 1 is 1.08 bits per heavy atom. The maximum atomic E-state index is 11.0. The standard InChI is InChI=1S/C14H26O2.C6H9NO/c1-3-5-6-7-8-9-10-11-12-13-14(15)16-4-2;1-2-7-5-3-4-6(7)8/h4H,2-3,5-13H2,1H3;2H,1,3-5H2. The third-order valence-electron chi connectivity index (χ3n) is 4.03. The number of esters is 1. The molecule has 1 rings (SSSR count). The molecule has 1 fully saturated rings. The number of rotatable bonds is 12. The fourth-order valence-electron chi connectivity index (χ4n) is 2.59. The molecule has 1 heterocycles. The second-order valence-corrected chi connectivity index (χ2v) is 6.11. The van der Waals surface area contributed by atoms with Gasteiger partial charge in [0.1, 0.15) is 0 Å². The number of unbranched alkanes of at least 4 members (excludes halogenated alkanes) is 8. The van der Waals surface area contributed by atoms with Gasteiger partial charge in [-0.3, -0.25) is 9.59 Å². The number of hydrogen-bond donors (Lipinski definition) is 0. The lowest BCUT2D eigenvalue weighted by molar-refractivity contribution is -0.138. The van der Waals surface area contributed by atoms with Crippen molar-refractivity contribution in [2.45, 2.75) is 84.0 Å². The molecule has 1 saturated heterocycles. The van der Waals surface area contributed by atoms with E-state index in [-0.39, 0.29) is 11.9 Å². The summed E-state index contributed by atoms with van der Waals surface area (Å²) in [7, 11) is 0. The van der Waals surface area contributed by atoms with Crippen molar-refractivity contribution >= 4 is 11.9 Å². The van der Waals surface area contributed by atoms with E-state index in [1.807, 2.05) is 0 Å². The van der Waals surface area contributed by atoms with E-state index in [2.05, 4.69) is 24.8 Å². The topological polar surface area (TPSA) is 46.6 Å². The largest absolute Gasteiger partial charge is 0.435 e. The van der Waals surface area contributed by atoms with E-state index < -0.39 is 0 Å². The SMILES string of the molecule is C=CN1CCCC1=O.C=COC(=O)CCCCCCCCCCC. The van der Waals surface area contributed by atoms with Crippen LogP contribution in [0.2, 0.25) is 0 Å². The fourth-order valence-corrected chi connectivity index (χ4v) is 2.59. The molecule has 4 heteroatoms. The number of amides is 1. The molecule has 0 N–H and O–H groups in total. The first-order valence-corrected chi connectivity index (χ1v) is 9.38. The lowest BCUT2D eigenvalue weighted by Crippen LogP contribution is -2.16. The van der Waals surface area contributed by atoms with Gasteiger partial charge in [-0.15, -0.1) is 0 Å². The summed E-state index contributed by atoms with van der Waals surface area (Å²) < 4.78 is 4.64. The maximum Gasteiger partial charge on any atom is 0.310 e. The number of carbonyl (C=O) groups excluding carboxylic acids is 2. The average molecular weight is 338 g/mol. The van der Waals surface area contributed by atoms with Crippen LogP contribution < -0.4 is 0 Å². The number of hydrogen-bond acceptors (Lipinski definition) is 3. The molecular weight excluding hydrogens is 302 g/mol. The molecule has 4 nitrogen and oxygen atoms in total. The van der Waals surface area contributed by atoms with Crippen LogP contribution in [0.5, 0.6) is 0 Å². The highest BCUT2D eigenvalue weighted by Crippen LogP contribution is 2.10. The average Bonchev–Trinajstić information content (AvgIpc) is 2.99. The minimum absolute atomic E-state index is 0.155. The minimum Gasteiger partial charge on any atom is -0.435 e. The zero-order valence-electron chi connectivity index (χ0n) is 15.4. The lowest BCUT2D eigenvalue weighted by atomic mass is 10.1. The molecule has 0 saturated carbocycles. The van der Waals surface area contributed by atoms with Gasteiger partial charge in [-0.05, 0) is 19.0 Å². The van der Waals surface area contributed by atoms with Gasteiger partial charge in [-0.1, -0.05) is 71.4 Å². The van der Waals surface area contributed by atoms with Gasteiger partial charge in [0, 0.05) is 19.4 Å². The first kappa shape index (κ1) is 22.4. The van der Waals surface area contributed by atoms with Gasteiger partial charge >= 0.3 is 5.97 Å². The van der Waals surface area contributed by atoms with Crippen molar-refractivity contribution in [3.8, 4) is 0 Å². The van der Waals surface area contributed by atoms with Gasteiger partial charge in [0.05, 0.1) is 6.26 Å². The smallest absolute Gasteiger partial charge is 0.310 e. The molecule has 0 aromatic carbocycles. The molecule has 1 aliphatic rings. The Morgan fingerprint density at radius 2 is 1.67 bits per heavy atom. The van der Waals surface area contributed by atoms with E-state index in [0.717, 1.165) is 25.8 Å². The summed E-state index contributed by atoms with van der Waals surface area (Å²) in [5.74, 6) is 0.0537. The molecule has 0 bridgehead atoms. The third kappa shape index (κ3) is 12.9. The number of nitrogens with zero attached hydrogens (tertiary/aromatic N) is 1. The third-order valence-corrected chi connectivity index (χ3v) is 4.03. The van der Waals surface area contributed by atoms with Crippen LogP contribution in [0.1, 0.15) is 84.0 Å². The van der Waals surface area contributed by atoms with Gasteiger partial charge in [-0.25, -0.2) is 0 Å². The number of carbonyl (C=O) groups is 2. The molecule has 24 heavy (non-hydrogen) atoms. The Labute approximate surface area is 147 Å². The van der Waals surface area contributed by atoms with Gasteiger partial charge in [-0.2, -0.15) is 0 Å². The second-order valence-electron chi connectivity index (χ2n) is 6.11. The summed E-state index contributed by atoms with van der Waals surface area (Å²) in [6, 6.07) is 0. The Hall–Kier alpha value is -1.58. The van der Waals surface area contributed by atoms with Crippen LogP contribution in [0.15, 0.2) is 25.6 Å². The molecule has 0 unspecified atom stereocenters. The van der Waals surface area contributed by atoms with Gasteiger partial charge in [0.25, 0.3) is 0 Å². The highest BCUT2D eigenvalue weighted by molar-refractivity contribution is 5.78. The predicted octanol–water partition coefficient (Wildman–Crippen LogP) is 5.35. The first-order chi connectivity index (χ1) is 11.7. The van der Waals surface area contributed by atoms with E-state index in [1.165, 1.54) is 51.2 Å². The van der Waals surface area contributed by atoms with Crippen LogP contribution in [0, 0.1) is 0 Å². The predicted molar refractivity (Wildman–Crippen MR) is 99.3 cm³/mol. The second kappa shape index (κ2) is 16.3. The molecule has 0 aromatic rings. The van der Waals surface area contributed by atoms with Crippen molar-refractivity contribution < 1.29 is 14.3 Å². The monoisotopic (exact) mass is 337 g/mol. The van der Waals surface area contributed by atoms with E-state index in [0.29, 0.717) is 12.8 Å². The summed E-state index contributed by atoms with van der Waals surface area (Å²) in [5, 5.41) is 0. The highest BCUT2D eigenvalue weighted by Gasteiger charge is 2.16. The molecule has 0 aromatic heterocycles. The van der Waals surface area contributed by atoms with Gasteiger partial charge in [0.2, 0.25) is 5.91 Å². The minimum atomic E-state index is -0.155. The number of ether oxygens (including phenoxy) is 1. The van der Waals surface area contributed by atoms with E-state index in [4.69, 9.17) is 0 Å². The summed E-state index contributed by atoms with van der Waals surface area (Å²) in [6.45, 7) is 9.95. The quantitative estimate of drug-likeness (QED) is 0.274. The van der Waals surface area contributed by atoms with E-state index in [1.54, 1.807) is 11.1 Å². The van der Waals surface area contributed by atoms with Gasteiger partial charge < -0.3 is 9.64 Å². The Bertz CT molecular complexity index is 366. The van der Waals surface area contributed by atoms with Gasteiger partial charge in [0.15, 0.2) is 0 Å². The molecule has 0 atom stereocenters. The van der Waals surface area contributed by atoms with Crippen LogP contribution in [-0.4, -0.2) is 23.3 Å². The van der Waals surface area contributed by atoms with Crippen LogP contribution in [0.4, 0.5) is 0 Å². The van der Waals surface area contributed by atoms with E-state index >= 15 is 0 Å². The van der Waals surface area contributed by atoms with Crippen molar-refractivity contribution in [2.24, 2.45) is 0 Å². The highest BCUT2D eigenvalue weighted by atomic mass is 16.5. The molecule has 0 radical (unpaired) electrons. The summed E-state index contributed by atoms with van der Waals surface area (Å²) >= 11 is 0. The van der Waals surface area contributed by atoms with Crippen molar-refractivity contribution in [2.75, 3.05) is 6.54 Å². The van der Waals surface area contributed by atoms with Crippen LogP contribution in [0.3, 0.4) is 0 Å². The van der Waals surface area contributed by atoms with E-state index in [9.17, 15) is 9.59 Å². The Kier molecular flexibility index (Phi) is 15.2. The fraction of sp³-hybridized carbons (Fsp3) is 0.700. The Morgan fingerprint density at radius 3 is 2.08 bits per heavy atom. The number of likely N-dealkylation sites (tertiary alicyclic amines) is 1. The summed E-state index contributed by atoms with van der Waals surface area (Å²) in [6.07, 6.45) is 16.4. The summed E-state index contributed by atoms with van der Waals surface area (Å²) in [5.41, 5.74) is 0. The molecular formula is C20H35NO3. The normalized spacial score (nSPS) is 13.2. The Balaban J connectivity index is 0.000000546. The molecule has 0 spiro atoms. The van der Waals surface area contributed by atoms with Crippen molar-refractivity contribution in [1.82, 2.24) is 4.90 Å². The zero-order chi connectivity index (χ0) is 18.0. The van der Waals surface area contributed by atoms with Crippen LogP contribution >= 0.6 is 0 Å². The first-order valence-electron chi connectivity index (χ1n) is 9.38. The zero-order valence-corrected chi connectivity index (χ0v) is 15.4. The summed E-state index contributed by atoms with van der Waals surface area (Å²) in [4.78, 5) is 23.3. The molecule has 1 aliphatic heterocycles. The van der Waals surface area contributed by atoms with Crippen LogP contribution in [0.25, 0.3) is 0 Å². The molecule has 0 aliphatic carbocycles. The maximum absolute atomic E-state index is 11.0. The lowest BCUT2D eigenvalue weighted by Gasteiger charge is -2.05. The van der Waals surface area contributed by atoms with Crippen molar-refractivity contribution in [3.05, 3.63) is 25.6 Å². The molecule has 138 valence electrons. The van der Waals surface area contributed by atoms with Crippen LogP contribution in [-0.2, 0) is 14.3 Å².